The average Bonchev–Trinajstić information content (AvgIpc) is 2.43. The molecule has 0 atom stereocenters. The number of alkyl halides is 2. The van der Waals surface area contributed by atoms with Gasteiger partial charge < -0.3 is 5.32 Å². The normalized spacial score (nSPS) is 14.3. The SMILES string of the molecule is FC(F)CNC1c2ccccc2Cc2ccccc21. The minimum absolute atomic E-state index is 0.129. The Morgan fingerprint density at radius 1 is 0.947 bits per heavy atom. The second kappa shape index (κ2) is 5.10. The summed E-state index contributed by atoms with van der Waals surface area (Å²) in [7, 11) is 0. The van der Waals surface area contributed by atoms with Crippen LogP contribution in [0.3, 0.4) is 0 Å². The first-order chi connectivity index (χ1) is 9.25. The summed E-state index contributed by atoms with van der Waals surface area (Å²) < 4.78 is 25.0. The molecule has 0 radical (unpaired) electrons. The van der Waals surface area contributed by atoms with E-state index in [4.69, 9.17) is 0 Å². The molecule has 0 aromatic heterocycles. The maximum absolute atomic E-state index is 12.5. The van der Waals surface area contributed by atoms with E-state index in [2.05, 4.69) is 17.4 Å². The summed E-state index contributed by atoms with van der Waals surface area (Å²) in [4.78, 5) is 0. The summed E-state index contributed by atoms with van der Waals surface area (Å²) >= 11 is 0. The van der Waals surface area contributed by atoms with E-state index in [1.807, 2.05) is 36.4 Å². The summed E-state index contributed by atoms with van der Waals surface area (Å²) in [6, 6.07) is 16.0. The number of hydrogen-bond donors (Lipinski definition) is 1. The molecule has 0 fully saturated rings. The minimum Gasteiger partial charge on any atom is -0.301 e. The quantitative estimate of drug-likeness (QED) is 0.889. The van der Waals surface area contributed by atoms with E-state index in [1.165, 1.54) is 11.1 Å². The number of halogens is 2. The van der Waals surface area contributed by atoms with Gasteiger partial charge in [0.1, 0.15) is 0 Å². The molecule has 19 heavy (non-hydrogen) atoms. The van der Waals surface area contributed by atoms with Crippen LogP contribution in [0.1, 0.15) is 28.3 Å². The number of rotatable bonds is 3. The van der Waals surface area contributed by atoms with E-state index in [0.29, 0.717) is 0 Å². The molecule has 0 unspecified atom stereocenters. The number of hydrogen-bond acceptors (Lipinski definition) is 1. The molecule has 0 bridgehead atoms. The maximum atomic E-state index is 12.5. The van der Waals surface area contributed by atoms with Gasteiger partial charge in [-0.3, -0.25) is 0 Å². The predicted octanol–water partition coefficient (Wildman–Crippen LogP) is 3.53. The van der Waals surface area contributed by atoms with Gasteiger partial charge in [0.05, 0.1) is 12.6 Å². The Morgan fingerprint density at radius 2 is 1.47 bits per heavy atom. The van der Waals surface area contributed by atoms with Crippen LogP contribution in [-0.2, 0) is 6.42 Å². The minimum atomic E-state index is -2.33. The van der Waals surface area contributed by atoms with Crippen LogP contribution in [0.5, 0.6) is 0 Å². The van der Waals surface area contributed by atoms with Gasteiger partial charge in [-0.1, -0.05) is 48.5 Å². The van der Waals surface area contributed by atoms with Crippen LogP contribution in [-0.4, -0.2) is 13.0 Å². The Hall–Kier alpha value is -1.74. The second-order valence-electron chi connectivity index (χ2n) is 4.81. The summed E-state index contributed by atoms with van der Waals surface area (Å²) in [6.45, 7) is -0.284. The summed E-state index contributed by atoms with van der Waals surface area (Å²) in [6.07, 6.45) is -1.46. The number of fused-ring (bicyclic) bond motifs is 2. The molecule has 1 N–H and O–H groups in total. The van der Waals surface area contributed by atoms with Crippen LogP contribution in [0.15, 0.2) is 48.5 Å². The van der Waals surface area contributed by atoms with E-state index in [9.17, 15) is 8.78 Å². The van der Waals surface area contributed by atoms with Crippen molar-refractivity contribution in [1.82, 2.24) is 5.32 Å². The van der Waals surface area contributed by atoms with Crippen LogP contribution in [0.4, 0.5) is 8.78 Å². The lowest BCUT2D eigenvalue weighted by molar-refractivity contribution is 0.143. The molecule has 2 aromatic rings. The fourth-order valence-corrected chi connectivity index (χ4v) is 2.75. The van der Waals surface area contributed by atoms with Crippen LogP contribution < -0.4 is 5.32 Å². The molecule has 0 spiro atoms. The Balaban J connectivity index is 2.01. The molecule has 0 heterocycles. The fraction of sp³-hybridized carbons (Fsp3) is 0.250. The van der Waals surface area contributed by atoms with Crippen molar-refractivity contribution in [2.75, 3.05) is 6.54 Å². The molecular weight excluding hydrogens is 244 g/mol. The molecule has 0 amide bonds. The molecule has 1 aliphatic rings. The van der Waals surface area contributed by atoms with E-state index in [0.717, 1.165) is 17.5 Å². The van der Waals surface area contributed by atoms with Crippen LogP contribution in [0.2, 0.25) is 0 Å². The van der Waals surface area contributed by atoms with Crippen LogP contribution in [0, 0.1) is 0 Å². The van der Waals surface area contributed by atoms with Gasteiger partial charge >= 0.3 is 0 Å². The average molecular weight is 259 g/mol. The van der Waals surface area contributed by atoms with Gasteiger partial charge in [-0.2, -0.15) is 0 Å². The van der Waals surface area contributed by atoms with E-state index < -0.39 is 6.43 Å². The molecular formula is C16H15F2N. The molecule has 3 rings (SSSR count). The zero-order valence-corrected chi connectivity index (χ0v) is 10.4. The highest BCUT2D eigenvalue weighted by Crippen LogP contribution is 2.34. The Labute approximate surface area is 111 Å². The van der Waals surface area contributed by atoms with Crippen molar-refractivity contribution >= 4 is 0 Å². The zero-order chi connectivity index (χ0) is 13.2. The highest BCUT2D eigenvalue weighted by atomic mass is 19.3. The monoisotopic (exact) mass is 259 g/mol. The number of benzene rings is 2. The maximum Gasteiger partial charge on any atom is 0.250 e. The molecule has 3 heteroatoms. The molecule has 1 aliphatic carbocycles. The molecule has 0 saturated heterocycles. The highest BCUT2D eigenvalue weighted by molar-refractivity contribution is 5.48. The lowest BCUT2D eigenvalue weighted by Gasteiger charge is -2.29. The highest BCUT2D eigenvalue weighted by Gasteiger charge is 2.25. The molecule has 2 aromatic carbocycles. The van der Waals surface area contributed by atoms with Crippen molar-refractivity contribution in [3.8, 4) is 0 Å². The van der Waals surface area contributed by atoms with Crippen molar-refractivity contribution < 1.29 is 8.78 Å². The summed E-state index contributed by atoms with van der Waals surface area (Å²) in [5, 5.41) is 2.98. The van der Waals surface area contributed by atoms with Crippen molar-refractivity contribution in [2.24, 2.45) is 0 Å². The standard InChI is InChI=1S/C16H15F2N/c17-15(18)10-19-16-13-7-3-1-5-11(13)9-12-6-2-4-8-14(12)16/h1-8,15-16,19H,9-10H2. The third-order valence-electron chi connectivity index (χ3n) is 3.59. The van der Waals surface area contributed by atoms with Gasteiger partial charge in [0.2, 0.25) is 0 Å². The first-order valence-corrected chi connectivity index (χ1v) is 6.43. The van der Waals surface area contributed by atoms with Crippen LogP contribution >= 0.6 is 0 Å². The van der Waals surface area contributed by atoms with E-state index >= 15 is 0 Å². The smallest absolute Gasteiger partial charge is 0.250 e. The molecule has 98 valence electrons. The molecule has 1 nitrogen and oxygen atoms in total. The topological polar surface area (TPSA) is 12.0 Å². The van der Waals surface area contributed by atoms with E-state index in [-0.39, 0.29) is 12.6 Å². The third-order valence-corrected chi connectivity index (χ3v) is 3.59. The Kier molecular flexibility index (Phi) is 3.30. The summed E-state index contributed by atoms with van der Waals surface area (Å²) in [5.41, 5.74) is 4.66. The zero-order valence-electron chi connectivity index (χ0n) is 10.4. The van der Waals surface area contributed by atoms with Crippen LogP contribution in [0.25, 0.3) is 0 Å². The first kappa shape index (κ1) is 12.3. The summed E-state index contributed by atoms with van der Waals surface area (Å²) in [5.74, 6) is 0. The largest absolute Gasteiger partial charge is 0.301 e. The van der Waals surface area contributed by atoms with Gasteiger partial charge in [-0.05, 0) is 28.7 Å². The van der Waals surface area contributed by atoms with Crippen molar-refractivity contribution in [3.63, 3.8) is 0 Å². The van der Waals surface area contributed by atoms with Gasteiger partial charge in [-0.25, -0.2) is 8.78 Å². The van der Waals surface area contributed by atoms with Gasteiger partial charge in [0, 0.05) is 0 Å². The van der Waals surface area contributed by atoms with E-state index in [1.54, 1.807) is 0 Å². The Morgan fingerprint density at radius 3 is 2.00 bits per heavy atom. The molecule has 0 aliphatic heterocycles. The van der Waals surface area contributed by atoms with Crippen molar-refractivity contribution in [2.45, 2.75) is 18.9 Å². The predicted molar refractivity (Wildman–Crippen MR) is 71.5 cm³/mol. The molecule has 0 saturated carbocycles. The first-order valence-electron chi connectivity index (χ1n) is 6.43. The van der Waals surface area contributed by atoms with Gasteiger partial charge in [0.25, 0.3) is 6.43 Å². The number of nitrogens with one attached hydrogen (secondary N) is 1. The third kappa shape index (κ3) is 2.38. The second-order valence-corrected chi connectivity index (χ2v) is 4.81. The lowest BCUT2D eigenvalue weighted by atomic mass is 9.82. The van der Waals surface area contributed by atoms with Crippen molar-refractivity contribution in [3.05, 3.63) is 70.8 Å². The Bertz CT molecular complexity index is 535. The van der Waals surface area contributed by atoms with Gasteiger partial charge in [-0.15, -0.1) is 0 Å². The van der Waals surface area contributed by atoms with Crippen molar-refractivity contribution in [1.29, 1.82) is 0 Å². The fourth-order valence-electron chi connectivity index (χ4n) is 2.75. The lowest BCUT2D eigenvalue weighted by Crippen LogP contribution is -2.30. The van der Waals surface area contributed by atoms with Gasteiger partial charge in [0.15, 0.2) is 0 Å².